The molecule has 0 heterocycles. The van der Waals surface area contributed by atoms with Gasteiger partial charge < -0.3 is 10.6 Å². The highest BCUT2D eigenvalue weighted by Crippen LogP contribution is 2.24. The first-order valence-electron chi connectivity index (χ1n) is 6.27. The van der Waals surface area contributed by atoms with Gasteiger partial charge in [0.05, 0.1) is 23.1 Å². The molecule has 0 aliphatic rings. The molecular formula is C13H16Cl2N4O3. The highest BCUT2D eigenvalue weighted by Gasteiger charge is 2.13. The third-order valence-corrected chi connectivity index (χ3v) is 3.25. The van der Waals surface area contributed by atoms with Crippen molar-refractivity contribution >= 4 is 46.7 Å². The number of benzene rings is 1. The monoisotopic (exact) mass is 346 g/mol. The second-order valence-electron chi connectivity index (χ2n) is 4.48. The van der Waals surface area contributed by atoms with Gasteiger partial charge in [-0.1, -0.05) is 23.2 Å². The van der Waals surface area contributed by atoms with Gasteiger partial charge in [0, 0.05) is 12.7 Å². The topological polar surface area (TPSA) is 90.5 Å². The second kappa shape index (κ2) is 8.57. The highest BCUT2D eigenvalue weighted by molar-refractivity contribution is 6.42. The van der Waals surface area contributed by atoms with Crippen LogP contribution in [0.1, 0.15) is 0 Å². The van der Waals surface area contributed by atoms with E-state index in [0.717, 1.165) is 0 Å². The molecule has 0 aromatic heterocycles. The van der Waals surface area contributed by atoms with Crippen molar-refractivity contribution in [1.82, 2.24) is 15.5 Å². The Bertz CT molecular complexity index is 580. The number of nitrogens with one attached hydrogen (secondary N) is 3. The number of nitrogens with zero attached hydrogens (tertiary/aromatic N) is 1. The molecule has 0 bridgehead atoms. The smallest absolute Gasteiger partial charge is 0.321 e. The highest BCUT2D eigenvalue weighted by atomic mass is 35.5. The van der Waals surface area contributed by atoms with E-state index in [9.17, 15) is 14.4 Å². The van der Waals surface area contributed by atoms with Crippen LogP contribution in [0.5, 0.6) is 0 Å². The Hall–Kier alpha value is -1.83. The summed E-state index contributed by atoms with van der Waals surface area (Å²) in [5.74, 6) is -0.835. The van der Waals surface area contributed by atoms with E-state index in [2.05, 4.69) is 16.0 Å². The van der Waals surface area contributed by atoms with Crippen LogP contribution < -0.4 is 16.0 Å². The van der Waals surface area contributed by atoms with E-state index in [1.807, 2.05) is 0 Å². The quantitative estimate of drug-likeness (QED) is 0.749. The van der Waals surface area contributed by atoms with Gasteiger partial charge in [-0.3, -0.25) is 19.8 Å². The molecule has 9 heteroatoms. The van der Waals surface area contributed by atoms with Crippen LogP contribution in [0, 0.1) is 0 Å². The van der Waals surface area contributed by atoms with E-state index in [-0.39, 0.29) is 19.0 Å². The fourth-order valence-electron chi connectivity index (χ4n) is 1.55. The number of amides is 4. The van der Waals surface area contributed by atoms with Crippen LogP contribution in [0.4, 0.5) is 10.5 Å². The largest absolute Gasteiger partial charge is 0.341 e. The van der Waals surface area contributed by atoms with Gasteiger partial charge in [0.15, 0.2) is 0 Å². The Morgan fingerprint density at radius 1 is 1.09 bits per heavy atom. The van der Waals surface area contributed by atoms with Crippen LogP contribution in [0.2, 0.25) is 10.0 Å². The molecule has 0 aliphatic heterocycles. The van der Waals surface area contributed by atoms with E-state index in [1.54, 1.807) is 19.2 Å². The molecule has 0 radical (unpaired) electrons. The number of urea groups is 1. The van der Waals surface area contributed by atoms with Gasteiger partial charge in [-0.05, 0) is 25.2 Å². The minimum absolute atomic E-state index is 0.0264. The summed E-state index contributed by atoms with van der Waals surface area (Å²) in [6.07, 6.45) is 0. The van der Waals surface area contributed by atoms with Gasteiger partial charge >= 0.3 is 6.03 Å². The summed E-state index contributed by atoms with van der Waals surface area (Å²) < 4.78 is 0. The third-order valence-electron chi connectivity index (χ3n) is 2.51. The van der Waals surface area contributed by atoms with Crippen LogP contribution in [0.25, 0.3) is 0 Å². The minimum atomic E-state index is -0.598. The van der Waals surface area contributed by atoms with Crippen molar-refractivity contribution in [2.45, 2.75) is 0 Å². The van der Waals surface area contributed by atoms with Crippen molar-refractivity contribution in [2.24, 2.45) is 0 Å². The molecule has 0 saturated carbocycles. The molecule has 0 spiro atoms. The lowest BCUT2D eigenvalue weighted by molar-refractivity contribution is -0.122. The summed E-state index contributed by atoms with van der Waals surface area (Å²) in [5.41, 5.74) is 0.502. The molecule has 120 valence electrons. The Kier molecular flexibility index (Phi) is 7.10. The molecule has 0 fully saturated rings. The standard InChI is InChI=1S/C13H16Cl2N4O3/c1-16-13(22)18-12(21)7-19(2)6-11(20)17-8-3-4-9(14)10(15)5-8/h3-5H,6-7H2,1-2H3,(H,17,20)(H2,16,18,21,22). The van der Waals surface area contributed by atoms with Crippen molar-refractivity contribution in [3.63, 3.8) is 0 Å². The van der Waals surface area contributed by atoms with Gasteiger partial charge in [0.2, 0.25) is 11.8 Å². The Morgan fingerprint density at radius 3 is 2.32 bits per heavy atom. The summed E-state index contributed by atoms with van der Waals surface area (Å²) in [5, 5.41) is 7.72. The Labute approximate surface area is 137 Å². The van der Waals surface area contributed by atoms with E-state index in [4.69, 9.17) is 23.2 Å². The van der Waals surface area contributed by atoms with Crippen LogP contribution in [-0.2, 0) is 9.59 Å². The zero-order valence-electron chi connectivity index (χ0n) is 12.1. The first kappa shape index (κ1) is 18.2. The van der Waals surface area contributed by atoms with Gasteiger partial charge in [-0.2, -0.15) is 0 Å². The zero-order valence-corrected chi connectivity index (χ0v) is 13.6. The fourth-order valence-corrected chi connectivity index (χ4v) is 1.85. The number of carbonyl (C=O) groups is 3. The van der Waals surface area contributed by atoms with Gasteiger partial charge in [-0.15, -0.1) is 0 Å². The number of halogens is 2. The molecule has 0 unspecified atom stereocenters. The van der Waals surface area contributed by atoms with E-state index >= 15 is 0 Å². The number of hydrogen-bond donors (Lipinski definition) is 3. The van der Waals surface area contributed by atoms with E-state index in [0.29, 0.717) is 15.7 Å². The van der Waals surface area contributed by atoms with E-state index < -0.39 is 11.9 Å². The van der Waals surface area contributed by atoms with E-state index in [1.165, 1.54) is 18.0 Å². The molecule has 0 aliphatic carbocycles. The molecule has 4 amide bonds. The molecule has 3 N–H and O–H groups in total. The minimum Gasteiger partial charge on any atom is -0.341 e. The number of imide groups is 1. The van der Waals surface area contributed by atoms with Gasteiger partial charge in [0.25, 0.3) is 0 Å². The van der Waals surface area contributed by atoms with Crippen molar-refractivity contribution in [1.29, 1.82) is 0 Å². The maximum Gasteiger partial charge on any atom is 0.321 e. The lowest BCUT2D eigenvalue weighted by Gasteiger charge is -2.15. The number of carbonyl (C=O) groups excluding carboxylic acids is 3. The second-order valence-corrected chi connectivity index (χ2v) is 5.29. The number of anilines is 1. The van der Waals surface area contributed by atoms with Crippen molar-refractivity contribution in [3.05, 3.63) is 28.2 Å². The number of hydrogen-bond acceptors (Lipinski definition) is 4. The number of likely N-dealkylation sites (N-methyl/N-ethyl adjacent to an activating group) is 1. The molecule has 1 aromatic rings. The van der Waals surface area contributed by atoms with Crippen molar-refractivity contribution < 1.29 is 14.4 Å². The molecule has 0 atom stereocenters. The third kappa shape index (κ3) is 6.30. The lowest BCUT2D eigenvalue weighted by Crippen LogP contribution is -2.44. The zero-order chi connectivity index (χ0) is 16.7. The normalized spacial score (nSPS) is 10.2. The van der Waals surface area contributed by atoms with Crippen LogP contribution in [0.3, 0.4) is 0 Å². The van der Waals surface area contributed by atoms with Crippen molar-refractivity contribution in [2.75, 3.05) is 32.5 Å². The summed E-state index contributed by atoms with van der Waals surface area (Å²) in [7, 11) is 2.98. The maximum atomic E-state index is 11.8. The molecular weight excluding hydrogens is 331 g/mol. The first-order valence-corrected chi connectivity index (χ1v) is 7.02. The maximum absolute atomic E-state index is 11.8. The summed E-state index contributed by atoms with van der Waals surface area (Å²) >= 11 is 11.6. The number of rotatable bonds is 5. The van der Waals surface area contributed by atoms with Gasteiger partial charge in [-0.25, -0.2) is 4.79 Å². The van der Waals surface area contributed by atoms with Crippen LogP contribution in [-0.4, -0.2) is 49.9 Å². The molecule has 7 nitrogen and oxygen atoms in total. The summed E-state index contributed by atoms with van der Waals surface area (Å²) in [6.45, 7) is -0.121. The molecule has 0 saturated heterocycles. The van der Waals surface area contributed by atoms with Crippen LogP contribution >= 0.6 is 23.2 Å². The molecule has 1 aromatic carbocycles. The molecule has 1 rings (SSSR count). The average molecular weight is 347 g/mol. The SMILES string of the molecule is CNC(=O)NC(=O)CN(C)CC(=O)Nc1ccc(Cl)c(Cl)c1. The van der Waals surface area contributed by atoms with Crippen molar-refractivity contribution in [3.8, 4) is 0 Å². The predicted octanol–water partition coefficient (Wildman–Crippen LogP) is 1.32. The summed E-state index contributed by atoms with van der Waals surface area (Å²) in [6, 6.07) is 4.11. The lowest BCUT2D eigenvalue weighted by atomic mass is 10.3. The summed E-state index contributed by atoms with van der Waals surface area (Å²) in [4.78, 5) is 35.7. The Balaban J connectivity index is 2.45. The first-order chi connectivity index (χ1) is 10.3. The average Bonchev–Trinajstić information content (AvgIpc) is 2.42. The Morgan fingerprint density at radius 2 is 1.73 bits per heavy atom. The predicted molar refractivity (Wildman–Crippen MR) is 85.2 cm³/mol. The molecule has 22 heavy (non-hydrogen) atoms. The fraction of sp³-hybridized carbons (Fsp3) is 0.308. The van der Waals surface area contributed by atoms with Gasteiger partial charge in [0.1, 0.15) is 0 Å². The van der Waals surface area contributed by atoms with Crippen LogP contribution in [0.15, 0.2) is 18.2 Å².